The summed E-state index contributed by atoms with van der Waals surface area (Å²) < 4.78 is 5.51. The minimum atomic E-state index is -0.00696. The smallest absolute Gasteiger partial charge is 0.141 e. The van der Waals surface area contributed by atoms with E-state index < -0.39 is 0 Å². The Hall–Kier alpha value is -3.87. The number of nitrogen functional groups attached to an aromatic ring is 1. The summed E-state index contributed by atoms with van der Waals surface area (Å²) in [5, 5.41) is 22.2. The molecule has 2 aromatic carbocycles. The first-order valence-electron chi connectivity index (χ1n) is 9.66. The van der Waals surface area contributed by atoms with E-state index in [1.807, 2.05) is 12.1 Å². The summed E-state index contributed by atoms with van der Waals surface area (Å²) in [6.07, 6.45) is 4.74. The van der Waals surface area contributed by atoms with Gasteiger partial charge >= 0.3 is 0 Å². The van der Waals surface area contributed by atoms with Crippen molar-refractivity contribution in [3.63, 3.8) is 0 Å². The van der Waals surface area contributed by atoms with E-state index in [1.165, 1.54) is 29.6 Å². The Labute approximate surface area is 174 Å². The molecule has 0 amide bonds. The van der Waals surface area contributed by atoms with Crippen molar-refractivity contribution in [2.75, 3.05) is 17.7 Å². The molecule has 1 aliphatic rings. The molecule has 0 saturated carbocycles. The van der Waals surface area contributed by atoms with Crippen LogP contribution in [0.3, 0.4) is 0 Å². The standard InChI is InChI=1S/C23H23N5O2/c1-2-7-30-19-11-16(10-18(29)12-19)21(24)20-22(25)26-13-27-23(20)28-17-8-14-5-3-4-6-15(14)9-17/h2-6,10-13,17,24,29H,1,7-9H2,(H3,25,26,27,28). The molecule has 0 bridgehead atoms. The number of phenolic OH excluding ortho intramolecular Hbond substituents is 1. The SMILES string of the molecule is C=CCOc1cc(O)cc(C(=N)c2c(N)ncnc2NC2Cc3ccccc3C2)c1. The van der Waals surface area contributed by atoms with Gasteiger partial charge in [0.05, 0.1) is 11.3 Å². The van der Waals surface area contributed by atoms with Crippen LogP contribution < -0.4 is 15.8 Å². The van der Waals surface area contributed by atoms with Crippen molar-refractivity contribution < 1.29 is 9.84 Å². The number of hydrogen-bond donors (Lipinski definition) is 4. The van der Waals surface area contributed by atoms with Crippen molar-refractivity contribution in [1.29, 1.82) is 5.41 Å². The first-order chi connectivity index (χ1) is 14.5. The number of nitrogens with zero attached hydrogens (tertiary/aromatic N) is 2. The van der Waals surface area contributed by atoms with Gasteiger partial charge in [0.2, 0.25) is 0 Å². The summed E-state index contributed by atoms with van der Waals surface area (Å²) in [6, 6.07) is 13.1. The van der Waals surface area contributed by atoms with Crippen LogP contribution in [0.5, 0.6) is 11.5 Å². The largest absolute Gasteiger partial charge is 0.508 e. The summed E-state index contributed by atoms with van der Waals surface area (Å²) in [4.78, 5) is 8.43. The van der Waals surface area contributed by atoms with E-state index >= 15 is 0 Å². The molecule has 1 aromatic heterocycles. The molecule has 0 aliphatic heterocycles. The van der Waals surface area contributed by atoms with E-state index in [1.54, 1.807) is 12.1 Å². The molecule has 0 spiro atoms. The van der Waals surface area contributed by atoms with Gasteiger partial charge in [-0.3, -0.25) is 5.41 Å². The molecule has 152 valence electrons. The predicted molar refractivity (Wildman–Crippen MR) is 117 cm³/mol. The molecule has 0 radical (unpaired) electrons. The number of hydrogen-bond acceptors (Lipinski definition) is 7. The molecule has 5 N–H and O–H groups in total. The van der Waals surface area contributed by atoms with Gasteiger partial charge in [0.1, 0.15) is 36.1 Å². The van der Waals surface area contributed by atoms with Crippen LogP contribution in [-0.4, -0.2) is 33.4 Å². The van der Waals surface area contributed by atoms with Crippen LogP contribution in [0.2, 0.25) is 0 Å². The highest BCUT2D eigenvalue weighted by atomic mass is 16.5. The van der Waals surface area contributed by atoms with Gasteiger partial charge in [-0.25, -0.2) is 9.97 Å². The highest BCUT2D eigenvalue weighted by Gasteiger charge is 2.24. The monoisotopic (exact) mass is 401 g/mol. The normalized spacial score (nSPS) is 12.9. The third-order valence-corrected chi connectivity index (χ3v) is 5.07. The van der Waals surface area contributed by atoms with Crippen LogP contribution in [0.25, 0.3) is 0 Å². The molecule has 1 heterocycles. The first-order valence-corrected chi connectivity index (χ1v) is 9.66. The highest BCUT2D eigenvalue weighted by molar-refractivity contribution is 6.16. The van der Waals surface area contributed by atoms with Crippen LogP contribution in [0.4, 0.5) is 11.6 Å². The number of aromatic nitrogens is 2. The Morgan fingerprint density at radius 3 is 2.67 bits per heavy atom. The van der Waals surface area contributed by atoms with Crippen molar-refractivity contribution >= 4 is 17.3 Å². The highest BCUT2D eigenvalue weighted by Crippen LogP contribution is 2.29. The fourth-order valence-electron chi connectivity index (χ4n) is 3.72. The summed E-state index contributed by atoms with van der Waals surface area (Å²) in [7, 11) is 0. The third-order valence-electron chi connectivity index (χ3n) is 5.07. The molecule has 0 fully saturated rings. The lowest BCUT2D eigenvalue weighted by molar-refractivity contribution is 0.360. The maximum atomic E-state index is 10.1. The van der Waals surface area contributed by atoms with E-state index in [-0.39, 0.29) is 23.3 Å². The molecule has 0 unspecified atom stereocenters. The van der Waals surface area contributed by atoms with Gasteiger partial charge < -0.3 is 20.9 Å². The van der Waals surface area contributed by atoms with Crippen LogP contribution in [0.15, 0.2) is 61.4 Å². The van der Waals surface area contributed by atoms with E-state index in [0.717, 1.165) is 12.8 Å². The van der Waals surface area contributed by atoms with Gasteiger partial charge in [0.15, 0.2) is 0 Å². The first kappa shape index (κ1) is 19.4. The van der Waals surface area contributed by atoms with Crippen LogP contribution in [-0.2, 0) is 12.8 Å². The Morgan fingerprint density at radius 1 is 1.23 bits per heavy atom. The van der Waals surface area contributed by atoms with Gasteiger partial charge in [-0.1, -0.05) is 36.9 Å². The summed E-state index contributed by atoms with van der Waals surface area (Å²) in [5.41, 5.74) is 9.71. The van der Waals surface area contributed by atoms with Crippen molar-refractivity contribution in [1.82, 2.24) is 9.97 Å². The van der Waals surface area contributed by atoms with Gasteiger partial charge in [-0.15, -0.1) is 0 Å². The average Bonchev–Trinajstić information content (AvgIpc) is 3.14. The molecule has 30 heavy (non-hydrogen) atoms. The minimum Gasteiger partial charge on any atom is -0.508 e. The van der Waals surface area contributed by atoms with E-state index in [2.05, 4.69) is 34.0 Å². The lowest BCUT2D eigenvalue weighted by Crippen LogP contribution is -2.23. The van der Waals surface area contributed by atoms with Crippen molar-refractivity contribution in [3.8, 4) is 11.5 Å². The number of anilines is 2. The Kier molecular flexibility index (Phi) is 5.34. The molecule has 7 nitrogen and oxygen atoms in total. The fraction of sp³-hybridized carbons (Fsp3) is 0.174. The minimum absolute atomic E-state index is 0.00696. The lowest BCUT2D eigenvalue weighted by Gasteiger charge is -2.18. The number of nitrogens with two attached hydrogens (primary N) is 1. The maximum absolute atomic E-state index is 10.1. The van der Waals surface area contributed by atoms with Gasteiger partial charge in [0, 0.05) is 17.7 Å². The second kappa shape index (κ2) is 8.24. The average molecular weight is 401 g/mol. The molecule has 7 heteroatoms. The Morgan fingerprint density at radius 2 is 1.97 bits per heavy atom. The molecule has 3 aromatic rings. The molecular weight excluding hydrogens is 378 g/mol. The number of phenols is 1. The number of ether oxygens (including phenoxy) is 1. The molecule has 1 aliphatic carbocycles. The lowest BCUT2D eigenvalue weighted by atomic mass is 10.0. The second-order valence-electron chi connectivity index (χ2n) is 7.19. The van der Waals surface area contributed by atoms with E-state index in [4.69, 9.17) is 15.9 Å². The van der Waals surface area contributed by atoms with E-state index in [0.29, 0.717) is 29.3 Å². The summed E-state index contributed by atoms with van der Waals surface area (Å²) in [5.74, 6) is 1.13. The third kappa shape index (κ3) is 3.96. The van der Waals surface area contributed by atoms with Crippen molar-refractivity contribution in [2.45, 2.75) is 18.9 Å². The number of benzene rings is 2. The zero-order valence-electron chi connectivity index (χ0n) is 16.4. The van der Waals surface area contributed by atoms with Crippen molar-refractivity contribution in [2.24, 2.45) is 0 Å². The predicted octanol–water partition coefficient (Wildman–Crippen LogP) is 3.32. The van der Waals surface area contributed by atoms with Gasteiger partial charge in [-0.05, 0) is 36.1 Å². The zero-order chi connectivity index (χ0) is 21.1. The van der Waals surface area contributed by atoms with Crippen molar-refractivity contribution in [3.05, 3.63) is 83.7 Å². The Bertz CT molecular complexity index is 1090. The van der Waals surface area contributed by atoms with Crippen LogP contribution in [0, 0.1) is 5.41 Å². The van der Waals surface area contributed by atoms with Crippen LogP contribution >= 0.6 is 0 Å². The van der Waals surface area contributed by atoms with Gasteiger partial charge in [-0.2, -0.15) is 0 Å². The van der Waals surface area contributed by atoms with Gasteiger partial charge in [0.25, 0.3) is 0 Å². The number of nitrogens with one attached hydrogen (secondary N) is 2. The number of fused-ring (bicyclic) bond motifs is 1. The number of aromatic hydroxyl groups is 1. The second-order valence-corrected chi connectivity index (χ2v) is 7.19. The molecular formula is C23H23N5O2. The summed E-state index contributed by atoms with van der Waals surface area (Å²) >= 11 is 0. The summed E-state index contributed by atoms with van der Waals surface area (Å²) in [6.45, 7) is 3.91. The zero-order valence-corrected chi connectivity index (χ0v) is 16.4. The number of rotatable bonds is 7. The topological polar surface area (TPSA) is 117 Å². The van der Waals surface area contributed by atoms with Crippen LogP contribution in [0.1, 0.15) is 22.3 Å². The fourth-order valence-corrected chi connectivity index (χ4v) is 3.72. The molecule has 0 saturated heterocycles. The molecule has 4 rings (SSSR count). The maximum Gasteiger partial charge on any atom is 0.141 e. The van der Waals surface area contributed by atoms with E-state index in [9.17, 15) is 5.11 Å². The Balaban J connectivity index is 1.63. The molecule has 0 atom stereocenters. The quantitative estimate of drug-likeness (QED) is 0.356.